The maximum absolute atomic E-state index is 4.65. The number of anilines is 2. The van der Waals surface area contributed by atoms with Crippen molar-refractivity contribution >= 4 is 42.9 Å². The maximum atomic E-state index is 4.65. The molecule has 0 fully saturated rings. The van der Waals surface area contributed by atoms with Crippen LogP contribution in [0.15, 0.2) is 134 Å². The van der Waals surface area contributed by atoms with Crippen LogP contribution in [-0.2, 0) is 20.1 Å². The fraction of sp³-hybridized carbons (Fsp3) is 0.0476. The molecule has 0 saturated heterocycles. The Morgan fingerprint density at radius 2 is 1.45 bits per heavy atom. The minimum absolute atomic E-state index is 0. The molecular weight excluding hydrogens is 771 g/mol. The van der Waals surface area contributed by atoms with Gasteiger partial charge in [0.2, 0.25) is 0 Å². The van der Waals surface area contributed by atoms with Crippen LogP contribution in [0.4, 0.5) is 11.4 Å². The van der Waals surface area contributed by atoms with E-state index in [1.54, 1.807) is 6.20 Å². The number of benzene rings is 5. The summed E-state index contributed by atoms with van der Waals surface area (Å²) in [6.07, 6.45) is 3.70. The molecule has 229 valence electrons. The molecular formula is C42H29IrN3S-2. The van der Waals surface area contributed by atoms with Crippen LogP contribution in [0.3, 0.4) is 0 Å². The van der Waals surface area contributed by atoms with E-state index in [2.05, 4.69) is 120 Å². The average molecular weight is 800 g/mol. The number of aromatic nitrogens is 2. The van der Waals surface area contributed by atoms with Crippen molar-refractivity contribution in [2.45, 2.75) is 13.8 Å². The molecule has 0 aliphatic carbocycles. The van der Waals surface area contributed by atoms with Gasteiger partial charge in [-0.25, -0.2) is 0 Å². The summed E-state index contributed by atoms with van der Waals surface area (Å²) in [6, 6.07) is 48.7. The number of hydrogen-bond acceptors (Lipinski definition) is 4. The van der Waals surface area contributed by atoms with Crippen LogP contribution in [0.2, 0.25) is 0 Å². The zero-order chi connectivity index (χ0) is 31.0. The van der Waals surface area contributed by atoms with Crippen molar-refractivity contribution in [1.82, 2.24) is 9.97 Å². The van der Waals surface area contributed by atoms with Crippen LogP contribution in [0.25, 0.3) is 64.9 Å². The summed E-state index contributed by atoms with van der Waals surface area (Å²) in [5.41, 5.74) is 13.6. The van der Waals surface area contributed by atoms with Gasteiger partial charge in [0.1, 0.15) is 0 Å². The number of pyridine rings is 2. The molecule has 5 heteroatoms. The Bertz CT molecular complexity index is 2310. The van der Waals surface area contributed by atoms with E-state index in [9.17, 15) is 0 Å². The summed E-state index contributed by atoms with van der Waals surface area (Å²) in [6.45, 7) is 4.30. The largest absolute Gasteiger partial charge is 0.394 e. The third kappa shape index (κ3) is 5.79. The Balaban J connectivity index is 0.000000228. The molecule has 9 rings (SSSR count). The quantitative estimate of drug-likeness (QED) is 0.177. The molecule has 0 saturated carbocycles. The van der Waals surface area contributed by atoms with Gasteiger partial charge in [-0.3, -0.25) is 0 Å². The Kier molecular flexibility index (Phi) is 8.53. The SMILES string of the molecule is Cc1ccc(-c2[c-]cc3c(c2)-c2cccc(c2C)-c2ccc4sc5ccccc5c4c2N3)nc1.[Ir].[c-]1ccccc1-c1ccccn1. The molecule has 47 heavy (non-hydrogen) atoms. The Morgan fingerprint density at radius 3 is 2.23 bits per heavy atom. The van der Waals surface area contributed by atoms with E-state index in [1.807, 2.05) is 60.0 Å². The van der Waals surface area contributed by atoms with Crippen LogP contribution in [0, 0.1) is 26.0 Å². The predicted molar refractivity (Wildman–Crippen MR) is 194 cm³/mol. The molecule has 1 N–H and O–H groups in total. The number of thiophene rings is 1. The second-order valence-corrected chi connectivity index (χ2v) is 12.5. The monoisotopic (exact) mass is 800 g/mol. The van der Waals surface area contributed by atoms with Gasteiger partial charge in [0.05, 0.1) is 0 Å². The van der Waals surface area contributed by atoms with Crippen LogP contribution >= 0.6 is 11.3 Å². The fourth-order valence-corrected chi connectivity index (χ4v) is 7.31. The molecule has 3 nitrogen and oxygen atoms in total. The predicted octanol–water partition coefficient (Wildman–Crippen LogP) is 11.5. The van der Waals surface area contributed by atoms with Gasteiger partial charge in [-0.2, -0.15) is 0 Å². The summed E-state index contributed by atoms with van der Waals surface area (Å²) < 4.78 is 2.61. The molecule has 4 heterocycles. The minimum atomic E-state index is 0. The van der Waals surface area contributed by atoms with Gasteiger partial charge in [0.15, 0.2) is 0 Å². The van der Waals surface area contributed by atoms with Crippen LogP contribution in [0.5, 0.6) is 0 Å². The molecule has 2 bridgehead atoms. The van der Waals surface area contributed by atoms with E-state index < -0.39 is 0 Å². The van der Waals surface area contributed by atoms with Gasteiger partial charge in [0.25, 0.3) is 0 Å². The van der Waals surface area contributed by atoms with Crippen molar-refractivity contribution < 1.29 is 20.1 Å². The standard InChI is InChI=1S/C31H21N2S.C11H8N.Ir/c1-18-10-13-26(32-17-18)20-11-14-27-25(16-20)22-8-5-7-21(19(22)2)23-12-15-29-30(31(23)33-27)24-6-3-4-9-28(24)34-29;1-2-6-10(7-3-1)11-8-4-5-9-12-11;/h3-10,12-17,33H,1-2H3;1-6,8-9H;/q2*-1;. The normalized spacial score (nSPS) is 11.2. The molecule has 1 aliphatic rings. The number of nitrogens with one attached hydrogen (secondary N) is 1. The second kappa shape index (κ2) is 13.1. The summed E-state index contributed by atoms with van der Waals surface area (Å²) in [4.78, 5) is 8.86. The van der Waals surface area contributed by atoms with Crippen molar-refractivity contribution in [1.29, 1.82) is 0 Å². The zero-order valence-corrected chi connectivity index (χ0v) is 29.0. The average Bonchev–Trinajstić information content (AvgIpc) is 3.49. The van der Waals surface area contributed by atoms with Crippen LogP contribution < -0.4 is 5.32 Å². The van der Waals surface area contributed by atoms with Crippen molar-refractivity contribution in [3.8, 4) is 44.8 Å². The summed E-state index contributed by atoms with van der Waals surface area (Å²) in [5, 5.41) is 6.44. The fourth-order valence-electron chi connectivity index (χ4n) is 6.19. The topological polar surface area (TPSA) is 37.8 Å². The van der Waals surface area contributed by atoms with Gasteiger partial charge in [-0.05, 0) is 71.4 Å². The molecule has 0 spiro atoms. The molecule has 0 amide bonds. The third-order valence-corrected chi connectivity index (χ3v) is 9.64. The van der Waals surface area contributed by atoms with E-state index in [1.165, 1.54) is 53.7 Å². The molecule has 1 aliphatic heterocycles. The van der Waals surface area contributed by atoms with E-state index in [0.29, 0.717) is 0 Å². The Hall–Kier alpha value is -4.93. The molecule has 0 atom stereocenters. The van der Waals surface area contributed by atoms with E-state index in [0.717, 1.165) is 33.8 Å². The van der Waals surface area contributed by atoms with Gasteiger partial charge in [-0.1, -0.05) is 72.3 Å². The van der Waals surface area contributed by atoms with Gasteiger partial charge >= 0.3 is 0 Å². The van der Waals surface area contributed by atoms with Crippen molar-refractivity contribution in [2.24, 2.45) is 0 Å². The molecule has 5 aromatic carbocycles. The van der Waals surface area contributed by atoms with E-state index in [-0.39, 0.29) is 20.1 Å². The first-order chi connectivity index (χ1) is 22.6. The van der Waals surface area contributed by atoms with E-state index >= 15 is 0 Å². The summed E-state index contributed by atoms with van der Waals surface area (Å²) in [7, 11) is 0. The summed E-state index contributed by atoms with van der Waals surface area (Å²) in [5.74, 6) is 0. The molecule has 8 aromatic rings. The number of aryl methyl sites for hydroxylation is 1. The number of fused-ring (bicyclic) bond motifs is 10. The van der Waals surface area contributed by atoms with Crippen LogP contribution in [0.1, 0.15) is 11.1 Å². The first-order valence-electron chi connectivity index (χ1n) is 15.3. The first-order valence-corrected chi connectivity index (χ1v) is 16.1. The molecule has 0 unspecified atom stereocenters. The second-order valence-electron chi connectivity index (χ2n) is 11.4. The Labute approximate surface area is 292 Å². The smallest absolute Gasteiger partial charge is 0.0475 e. The molecule has 1 radical (unpaired) electrons. The van der Waals surface area contributed by atoms with Crippen molar-refractivity contribution in [2.75, 3.05) is 5.32 Å². The summed E-state index contributed by atoms with van der Waals surface area (Å²) >= 11 is 1.85. The van der Waals surface area contributed by atoms with Gasteiger partial charge < -0.3 is 15.3 Å². The number of nitrogens with zero attached hydrogens (tertiary/aromatic N) is 2. The molecule has 3 aromatic heterocycles. The van der Waals surface area contributed by atoms with Crippen molar-refractivity contribution in [3.63, 3.8) is 0 Å². The third-order valence-electron chi connectivity index (χ3n) is 8.51. The number of rotatable bonds is 2. The maximum Gasteiger partial charge on any atom is 0.0475 e. The Morgan fingerprint density at radius 1 is 0.638 bits per heavy atom. The first kappa shape index (κ1) is 30.7. The zero-order valence-electron chi connectivity index (χ0n) is 25.8. The van der Waals surface area contributed by atoms with Crippen LogP contribution in [-0.4, -0.2) is 9.97 Å². The van der Waals surface area contributed by atoms with Crippen molar-refractivity contribution in [3.05, 3.63) is 157 Å². The van der Waals surface area contributed by atoms with Gasteiger partial charge in [0, 0.05) is 63.9 Å². The van der Waals surface area contributed by atoms with Gasteiger partial charge in [-0.15, -0.1) is 71.0 Å². The van der Waals surface area contributed by atoms with E-state index in [4.69, 9.17) is 0 Å². The number of hydrogen-bond donors (Lipinski definition) is 1. The minimum Gasteiger partial charge on any atom is -0.394 e.